The van der Waals surface area contributed by atoms with E-state index in [1.165, 1.54) is 7.11 Å². The Morgan fingerprint density at radius 1 is 1.06 bits per heavy atom. The third-order valence-corrected chi connectivity index (χ3v) is 5.49. The number of amides is 2. The standard InChI is InChI=1S/C23H25N5O3/c1-17-8-10-19(11-9-17)21-15-24-28(25-21)22(29)27-13-12-26(23(30)31-2)16-20(27)14-18-6-4-3-5-7-18/h3-11,15,20H,12-14,16H2,1-2H3. The molecule has 160 valence electrons. The molecule has 2 heterocycles. The van der Waals surface area contributed by atoms with Crippen molar-refractivity contribution in [3.63, 3.8) is 0 Å². The molecule has 1 saturated heterocycles. The normalized spacial score (nSPS) is 16.3. The molecule has 8 nitrogen and oxygen atoms in total. The fourth-order valence-electron chi connectivity index (χ4n) is 3.79. The van der Waals surface area contributed by atoms with Crippen LogP contribution < -0.4 is 0 Å². The van der Waals surface area contributed by atoms with Crippen LogP contribution in [0.5, 0.6) is 0 Å². The monoisotopic (exact) mass is 419 g/mol. The quantitative estimate of drug-likeness (QED) is 0.651. The summed E-state index contributed by atoms with van der Waals surface area (Å²) >= 11 is 0. The summed E-state index contributed by atoms with van der Waals surface area (Å²) in [6.45, 7) is 3.19. The molecule has 0 saturated carbocycles. The number of nitrogens with zero attached hydrogens (tertiary/aromatic N) is 5. The predicted octanol–water partition coefficient (Wildman–Crippen LogP) is 3.22. The lowest BCUT2D eigenvalue weighted by Gasteiger charge is -2.40. The molecule has 1 fully saturated rings. The van der Waals surface area contributed by atoms with Crippen LogP contribution in [0.4, 0.5) is 9.59 Å². The van der Waals surface area contributed by atoms with E-state index >= 15 is 0 Å². The van der Waals surface area contributed by atoms with Crippen molar-refractivity contribution in [2.45, 2.75) is 19.4 Å². The van der Waals surface area contributed by atoms with Crippen molar-refractivity contribution in [3.8, 4) is 11.3 Å². The van der Waals surface area contributed by atoms with E-state index in [4.69, 9.17) is 4.74 Å². The Kier molecular flexibility index (Phi) is 5.97. The number of carbonyl (C=O) groups is 2. The van der Waals surface area contributed by atoms with E-state index in [-0.39, 0.29) is 18.2 Å². The molecule has 2 aromatic carbocycles. The highest BCUT2D eigenvalue weighted by Gasteiger charge is 2.34. The van der Waals surface area contributed by atoms with E-state index in [2.05, 4.69) is 10.2 Å². The number of carbonyl (C=O) groups excluding carboxylic acids is 2. The number of hydrogen-bond donors (Lipinski definition) is 0. The third-order valence-electron chi connectivity index (χ3n) is 5.49. The summed E-state index contributed by atoms with van der Waals surface area (Å²) < 4.78 is 4.88. The summed E-state index contributed by atoms with van der Waals surface area (Å²) in [7, 11) is 1.37. The van der Waals surface area contributed by atoms with Gasteiger partial charge >= 0.3 is 12.1 Å². The predicted molar refractivity (Wildman–Crippen MR) is 116 cm³/mol. The molecular weight excluding hydrogens is 394 g/mol. The van der Waals surface area contributed by atoms with Crippen LogP contribution in [0.15, 0.2) is 60.8 Å². The molecule has 1 aromatic heterocycles. The molecule has 8 heteroatoms. The van der Waals surface area contributed by atoms with E-state index in [0.717, 1.165) is 21.5 Å². The molecule has 0 aliphatic carbocycles. The van der Waals surface area contributed by atoms with E-state index in [9.17, 15) is 9.59 Å². The number of methoxy groups -OCH3 is 1. The van der Waals surface area contributed by atoms with Gasteiger partial charge in [0.05, 0.1) is 19.3 Å². The fraction of sp³-hybridized carbons (Fsp3) is 0.304. The minimum absolute atomic E-state index is 0.212. The first-order chi connectivity index (χ1) is 15.0. The molecule has 1 unspecified atom stereocenters. The summed E-state index contributed by atoms with van der Waals surface area (Å²) in [5, 5.41) is 8.62. The van der Waals surface area contributed by atoms with Gasteiger partial charge in [-0.25, -0.2) is 9.59 Å². The highest BCUT2D eigenvalue weighted by atomic mass is 16.5. The average molecular weight is 419 g/mol. The van der Waals surface area contributed by atoms with Gasteiger partial charge in [-0.2, -0.15) is 5.10 Å². The molecule has 1 aliphatic heterocycles. The zero-order valence-electron chi connectivity index (χ0n) is 17.6. The minimum Gasteiger partial charge on any atom is -0.453 e. The van der Waals surface area contributed by atoms with E-state index in [1.807, 2.05) is 61.5 Å². The van der Waals surface area contributed by atoms with Crippen LogP contribution in [-0.2, 0) is 11.2 Å². The lowest BCUT2D eigenvalue weighted by atomic mass is 10.0. The molecule has 4 rings (SSSR count). The van der Waals surface area contributed by atoms with Crippen molar-refractivity contribution in [3.05, 3.63) is 71.9 Å². The number of piperazine rings is 1. The summed E-state index contributed by atoms with van der Waals surface area (Å²) in [5.41, 5.74) is 3.78. The molecule has 0 bridgehead atoms. The van der Waals surface area contributed by atoms with Gasteiger partial charge in [-0.1, -0.05) is 65.0 Å². The van der Waals surface area contributed by atoms with Gasteiger partial charge in [0, 0.05) is 25.2 Å². The molecule has 3 aromatic rings. The van der Waals surface area contributed by atoms with Crippen molar-refractivity contribution in [1.29, 1.82) is 0 Å². The Hall–Kier alpha value is -3.68. The van der Waals surface area contributed by atoms with Crippen LogP contribution in [0.25, 0.3) is 11.3 Å². The maximum atomic E-state index is 13.3. The minimum atomic E-state index is -0.385. The maximum absolute atomic E-state index is 13.3. The maximum Gasteiger partial charge on any atom is 0.409 e. The zero-order chi connectivity index (χ0) is 21.8. The molecule has 1 aliphatic rings. The van der Waals surface area contributed by atoms with Gasteiger partial charge in [-0.05, 0) is 18.9 Å². The van der Waals surface area contributed by atoms with Crippen LogP contribution in [0.1, 0.15) is 11.1 Å². The Labute approximate surface area is 181 Å². The van der Waals surface area contributed by atoms with Crippen LogP contribution in [0.3, 0.4) is 0 Å². The van der Waals surface area contributed by atoms with Gasteiger partial charge in [0.1, 0.15) is 5.69 Å². The summed E-state index contributed by atoms with van der Waals surface area (Å²) in [5.74, 6) is 0. The molecule has 2 amide bonds. The van der Waals surface area contributed by atoms with Gasteiger partial charge in [-0.15, -0.1) is 5.10 Å². The summed E-state index contributed by atoms with van der Waals surface area (Å²) in [6.07, 6.45) is 1.83. The first kappa shape index (κ1) is 20.6. The Balaban J connectivity index is 1.56. The van der Waals surface area contributed by atoms with Gasteiger partial charge < -0.3 is 14.5 Å². The van der Waals surface area contributed by atoms with Crippen molar-refractivity contribution >= 4 is 12.1 Å². The fourth-order valence-corrected chi connectivity index (χ4v) is 3.79. The number of benzene rings is 2. The van der Waals surface area contributed by atoms with E-state index in [1.54, 1.807) is 16.0 Å². The Morgan fingerprint density at radius 3 is 2.52 bits per heavy atom. The van der Waals surface area contributed by atoms with Gasteiger partial charge in [0.15, 0.2) is 0 Å². The molecule has 0 radical (unpaired) electrons. The van der Waals surface area contributed by atoms with Crippen molar-refractivity contribution in [2.75, 3.05) is 26.7 Å². The largest absolute Gasteiger partial charge is 0.453 e. The zero-order valence-corrected chi connectivity index (χ0v) is 17.6. The second-order valence-corrected chi connectivity index (χ2v) is 7.62. The van der Waals surface area contributed by atoms with Crippen LogP contribution in [0.2, 0.25) is 0 Å². The van der Waals surface area contributed by atoms with E-state index in [0.29, 0.717) is 31.7 Å². The Bertz CT molecular complexity index is 1050. The average Bonchev–Trinajstić information content (AvgIpc) is 3.29. The third kappa shape index (κ3) is 4.58. The number of aryl methyl sites for hydroxylation is 1. The van der Waals surface area contributed by atoms with Crippen LogP contribution >= 0.6 is 0 Å². The molecule has 0 N–H and O–H groups in total. The summed E-state index contributed by atoms with van der Waals surface area (Å²) in [6, 6.07) is 17.3. The van der Waals surface area contributed by atoms with E-state index < -0.39 is 0 Å². The smallest absolute Gasteiger partial charge is 0.409 e. The van der Waals surface area contributed by atoms with Crippen molar-refractivity contribution in [2.24, 2.45) is 0 Å². The highest BCUT2D eigenvalue weighted by Crippen LogP contribution is 2.19. The van der Waals surface area contributed by atoms with Gasteiger partial charge in [-0.3, -0.25) is 0 Å². The SMILES string of the molecule is COC(=O)N1CCN(C(=O)n2ncc(-c3ccc(C)cc3)n2)C(Cc2ccccc2)C1. The first-order valence-electron chi connectivity index (χ1n) is 10.2. The number of rotatable bonds is 3. The second-order valence-electron chi connectivity index (χ2n) is 7.62. The van der Waals surface area contributed by atoms with Crippen LogP contribution in [-0.4, -0.2) is 69.7 Å². The highest BCUT2D eigenvalue weighted by molar-refractivity contribution is 5.77. The van der Waals surface area contributed by atoms with Crippen molar-refractivity contribution in [1.82, 2.24) is 24.8 Å². The topological polar surface area (TPSA) is 80.6 Å². The van der Waals surface area contributed by atoms with Crippen LogP contribution in [0, 0.1) is 6.92 Å². The second kappa shape index (κ2) is 8.99. The lowest BCUT2D eigenvalue weighted by molar-refractivity contribution is 0.0717. The first-order valence-corrected chi connectivity index (χ1v) is 10.2. The molecular formula is C23H25N5O3. The molecule has 0 spiro atoms. The van der Waals surface area contributed by atoms with Gasteiger partial charge in [0.25, 0.3) is 0 Å². The number of ether oxygens (including phenoxy) is 1. The summed E-state index contributed by atoms with van der Waals surface area (Å²) in [4.78, 5) is 29.9. The number of hydrogen-bond acceptors (Lipinski definition) is 5. The Morgan fingerprint density at radius 2 is 1.81 bits per heavy atom. The van der Waals surface area contributed by atoms with Crippen molar-refractivity contribution < 1.29 is 14.3 Å². The lowest BCUT2D eigenvalue weighted by Crippen LogP contribution is -2.58. The number of aromatic nitrogens is 3. The van der Waals surface area contributed by atoms with Gasteiger partial charge in [0.2, 0.25) is 0 Å². The molecule has 31 heavy (non-hydrogen) atoms. The molecule has 1 atom stereocenters.